The van der Waals surface area contributed by atoms with Crippen LogP contribution in [0.5, 0.6) is 0 Å². The Kier molecular flexibility index (Phi) is 8.90. The van der Waals surface area contributed by atoms with Crippen molar-refractivity contribution in [3.05, 3.63) is 65.2 Å². The fourth-order valence-corrected chi connectivity index (χ4v) is 4.32. The van der Waals surface area contributed by atoms with Crippen LogP contribution in [0.1, 0.15) is 49.5 Å². The first-order valence-electron chi connectivity index (χ1n) is 10.2. The summed E-state index contributed by atoms with van der Waals surface area (Å²) in [5.41, 5.74) is 0.877. The molecule has 0 aliphatic heterocycles. The number of aliphatic hydroxyl groups is 1. The number of aliphatic hydroxyl groups excluding tert-OH is 1. The molecule has 31 heavy (non-hydrogen) atoms. The van der Waals surface area contributed by atoms with Crippen molar-refractivity contribution in [2.75, 3.05) is 17.0 Å². The number of halogens is 3. The summed E-state index contributed by atoms with van der Waals surface area (Å²) < 4.78 is 64.9. The highest BCUT2D eigenvalue weighted by molar-refractivity contribution is 7.92. The molecule has 9 heteroatoms. The molecule has 0 aliphatic rings. The Morgan fingerprint density at radius 2 is 1.77 bits per heavy atom. The largest absolute Gasteiger partial charge is 0.416 e. The molecule has 172 valence electrons. The first kappa shape index (κ1) is 25.2. The summed E-state index contributed by atoms with van der Waals surface area (Å²) in [5.74, 6) is 0.0837. The van der Waals surface area contributed by atoms with Crippen LogP contribution in [-0.2, 0) is 22.6 Å². The van der Waals surface area contributed by atoms with Crippen LogP contribution in [0.25, 0.3) is 0 Å². The predicted octanol–water partition coefficient (Wildman–Crippen LogP) is 4.50. The third-order valence-electron chi connectivity index (χ3n) is 4.79. The van der Waals surface area contributed by atoms with Crippen LogP contribution >= 0.6 is 0 Å². The number of nitrogens with one attached hydrogen (secondary N) is 2. The number of unbranched alkanes of at least 4 members (excludes halogenated alkanes) is 1. The summed E-state index contributed by atoms with van der Waals surface area (Å²) in [5, 5.41) is 13.4. The molecule has 2 aromatic carbocycles. The van der Waals surface area contributed by atoms with Crippen molar-refractivity contribution in [1.29, 1.82) is 0 Å². The second-order valence-corrected chi connectivity index (χ2v) is 9.47. The lowest BCUT2D eigenvalue weighted by Gasteiger charge is -2.18. The predicted molar refractivity (Wildman–Crippen MR) is 116 cm³/mol. The summed E-state index contributed by atoms with van der Waals surface area (Å²) in [6.45, 7) is 3.94. The number of anilines is 1. The standard InChI is InChI=1S/C22H29F3N2O3S/c1-3-4-12-31(29,30)27-20-10-8-17(9-11-20)13-16(2)26-15-21(28)18-6-5-7-19(14-18)22(23,24)25/h5-11,14,16,21,26-28H,3-4,12-13,15H2,1-2H3. The van der Waals surface area contributed by atoms with Crippen LogP contribution < -0.4 is 10.0 Å². The van der Waals surface area contributed by atoms with E-state index < -0.39 is 27.9 Å². The highest BCUT2D eigenvalue weighted by Crippen LogP contribution is 2.30. The molecule has 0 spiro atoms. The van der Waals surface area contributed by atoms with E-state index in [2.05, 4.69) is 10.0 Å². The maximum absolute atomic E-state index is 12.8. The summed E-state index contributed by atoms with van der Waals surface area (Å²) in [7, 11) is -3.35. The summed E-state index contributed by atoms with van der Waals surface area (Å²) in [4.78, 5) is 0. The van der Waals surface area contributed by atoms with Crippen LogP contribution in [0.4, 0.5) is 18.9 Å². The molecule has 5 nitrogen and oxygen atoms in total. The molecule has 0 aliphatic carbocycles. The van der Waals surface area contributed by atoms with Crippen LogP contribution in [0.15, 0.2) is 48.5 Å². The molecule has 0 heterocycles. The first-order valence-corrected chi connectivity index (χ1v) is 11.8. The molecule has 0 saturated heterocycles. The number of hydrogen-bond acceptors (Lipinski definition) is 4. The number of hydrogen-bond donors (Lipinski definition) is 3. The zero-order valence-corrected chi connectivity index (χ0v) is 18.4. The molecule has 0 radical (unpaired) electrons. The van der Waals surface area contributed by atoms with Gasteiger partial charge in [-0.3, -0.25) is 4.72 Å². The van der Waals surface area contributed by atoms with E-state index >= 15 is 0 Å². The summed E-state index contributed by atoms with van der Waals surface area (Å²) in [6, 6.07) is 11.7. The monoisotopic (exact) mass is 458 g/mol. The van der Waals surface area contributed by atoms with Gasteiger partial charge in [-0.25, -0.2) is 8.42 Å². The SMILES string of the molecule is CCCCS(=O)(=O)Nc1ccc(CC(C)NCC(O)c2cccc(C(F)(F)F)c2)cc1. The van der Waals surface area contributed by atoms with Crippen molar-refractivity contribution in [3.63, 3.8) is 0 Å². The van der Waals surface area contributed by atoms with E-state index in [9.17, 15) is 26.7 Å². The molecular formula is C22H29F3N2O3S. The lowest BCUT2D eigenvalue weighted by Crippen LogP contribution is -2.32. The lowest BCUT2D eigenvalue weighted by molar-refractivity contribution is -0.137. The minimum Gasteiger partial charge on any atom is -0.387 e. The van der Waals surface area contributed by atoms with Crippen molar-refractivity contribution in [1.82, 2.24) is 5.32 Å². The Morgan fingerprint density at radius 1 is 1.10 bits per heavy atom. The lowest BCUT2D eigenvalue weighted by atomic mass is 10.0. The quantitative estimate of drug-likeness (QED) is 0.463. The van der Waals surface area contributed by atoms with Crippen molar-refractivity contribution >= 4 is 15.7 Å². The fraction of sp³-hybridized carbons (Fsp3) is 0.455. The molecule has 2 rings (SSSR count). The molecular weight excluding hydrogens is 429 g/mol. The zero-order valence-electron chi connectivity index (χ0n) is 17.6. The van der Waals surface area contributed by atoms with Gasteiger partial charge in [0.05, 0.1) is 17.4 Å². The van der Waals surface area contributed by atoms with Crippen molar-refractivity contribution < 1.29 is 26.7 Å². The average Bonchev–Trinajstić information content (AvgIpc) is 2.71. The second-order valence-electron chi connectivity index (χ2n) is 7.62. The smallest absolute Gasteiger partial charge is 0.387 e. The molecule has 3 N–H and O–H groups in total. The molecule has 0 saturated carbocycles. The van der Waals surface area contributed by atoms with E-state index in [1.165, 1.54) is 12.1 Å². The maximum Gasteiger partial charge on any atom is 0.416 e. The van der Waals surface area contributed by atoms with Crippen molar-refractivity contribution in [3.8, 4) is 0 Å². The number of sulfonamides is 1. The fourth-order valence-electron chi connectivity index (χ4n) is 3.05. The Bertz CT molecular complexity index is 932. The topological polar surface area (TPSA) is 78.4 Å². The van der Waals surface area contributed by atoms with Gasteiger partial charge < -0.3 is 10.4 Å². The normalized spacial score (nSPS) is 14.3. The highest BCUT2D eigenvalue weighted by Gasteiger charge is 2.30. The minimum atomic E-state index is -4.45. The highest BCUT2D eigenvalue weighted by atomic mass is 32.2. The third-order valence-corrected chi connectivity index (χ3v) is 6.17. The Balaban J connectivity index is 1.86. The van der Waals surface area contributed by atoms with Gasteiger partial charge in [0.1, 0.15) is 0 Å². The van der Waals surface area contributed by atoms with Crippen LogP contribution in [0.2, 0.25) is 0 Å². The van der Waals surface area contributed by atoms with Gasteiger partial charge in [0.25, 0.3) is 0 Å². The Hall–Kier alpha value is -2.10. The van der Waals surface area contributed by atoms with Crippen LogP contribution in [0, 0.1) is 0 Å². The van der Waals surface area contributed by atoms with Gasteiger partial charge in [-0.1, -0.05) is 37.6 Å². The summed E-state index contributed by atoms with van der Waals surface area (Å²) >= 11 is 0. The molecule has 2 aromatic rings. The van der Waals surface area contributed by atoms with Gasteiger partial charge >= 0.3 is 6.18 Å². The van der Waals surface area contributed by atoms with E-state index in [-0.39, 0.29) is 23.9 Å². The van der Waals surface area contributed by atoms with Gasteiger partial charge in [0.2, 0.25) is 10.0 Å². The molecule has 0 bridgehead atoms. The first-order chi connectivity index (χ1) is 14.5. The molecule has 2 unspecified atom stereocenters. The average molecular weight is 459 g/mol. The van der Waals surface area contributed by atoms with Gasteiger partial charge in [0.15, 0.2) is 0 Å². The number of rotatable bonds is 11. The molecule has 2 atom stereocenters. The van der Waals surface area contributed by atoms with Crippen molar-refractivity contribution in [2.24, 2.45) is 0 Å². The molecule has 0 amide bonds. The second kappa shape index (κ2) is 11.0. The number of benzene rings is 2. The number of alkyl halides is 3. The third kappa shape index (κ3) is 8.51. The van der Waals surface area contributed by atoms with E-state index in [1.54, 1.807) is 12.1 Å². The molecule has 0 fully saturated rings. The van der Waals surface area contributed by atoms with Gasteiger partial charge in [-0.15, -0.1) is 0 Å². The molecule has 0 aromatic heterocycles. The van der Waals surface area contributed by atoms with E-state index in [4.69, 9.17) is 0 Å². The minimum absolute atomic E-state index is 0.0486. The van der Waals surface area contributed by atoms with Crippen molar-refractivity contribution in [2.45, 2.75) is 51.4 Å². The van der Waals surface area contributed by atoms with Crippen LogP contribution in [-0.4, -0.2) is 31.9 Å². The van der Waals surface area contributed by atoms with Gasteiger partial charge in [-0.05, 0) is 55.2 Å². The zero-order chi connectivity index (χ0) is 23.1. The van der Waals surface area contributed by atoms with E-state index in [1.807, 2.05) is 26.0 Å². The van der Waals surface area contributed by atoms with Gasteiger partial charge in [0, 0.05) is 18.3 Å². The van der Waals surface area contributed by atoms with E-state index in [0.29, 0.717) is 18.5 Å². The Morgan fingerprint density at radius 3 is 2.39 bits per heavy atom. The van der Waals surface area contributed by atoms with Crippen LogP contribution in [0.3, 0.4) is 0 Å². The van der Waals surface area contributed by atoms with Gasteiger partial charge in [-0.2, -0.15) is 13.2 Å². The summed E-state index contributed by atoms with van der Waals surface area (Å²) in [6.07, 6.45) is -3.51. The Labute approximate surface area is 181 Å². The maximum atomic E-state index is 12.8. The van der Waals surface area contributed by atoms with E-state index in [0.717, 1.165) is 24.1 Å².